The molecule has 1 saturated carbocycles. The van der Waals surface area contributed by atoms with Crippen molar-refractivity contribution in [2.75, 3.05) is 0 Å². The standard InChI is InChI=1S/C28H25N5O3.2C2HF3O2/c1-17(34)18-5-7-19(8-6-18)23-15-25(23)36-22-13-20(27-31-24-4-3-9-30-28(24)32-27)12-21(14-22)35-16-26-29-10-11-33(26)2;2*3-2(4,5)1(6)7/h3-14,23,25H,15-16H2,1-2H3,(H,30,31,32);2*(H,6,7). The van der Waals surface area contributed by atoms with Crippen molar-refractivity contribution in [3.63, 3.8) is 0 Å². The Morgan fingerprint density at radius 2 is 1.54 bits per heavy atom. The van der Waals surface area contributed by atoms with Gasteiger partial charge in [-0.3, -0.25) is 4.79 Å². The van der Waals surface area contributed by atoms with Crippen LogP contribution in [0, 0.1) is 0 Å². The molecule has 12 nitrogen and oxygen atoms in total. The number of halogens is 6. The third-order valence-electron chi connectivity index (χ3n) is 6.95. The highest BCUT2D eigenvalue weighted by Crippen LogP contribution is 2.44. The number of aromatic nitrogens is 5. The van der Waals surface area contributed by atoms with Gasteiger partial charge < -0.3 is 29.2 Å². The molecule has 18 heteroatoms. The minimum absolute atomic E-state index is 0.0585. The Balaban J connectivity index is 0.000000340. The van der Waals surface area contributed by atoms with Crippen molar-refractivity contribution < 1.29 is 60.4 Å². The first-order valence-corrected chi connectivity index (χ1v) is 14.4. The lowest BCUT2D eigenvalue weighted by Crippen LogP contribution is -2.21. The summed E-state index contributed by atoms with van der Waals surface area (Å²) in [7, 11) is 1.94. The number of pyridine rings is 1. The van der Waals surface area contributed by atoms with Gasteiger partial charge >= 0.3 is 24.3 Å². The molecule has 0 radical (unpaired) electrons. The van der Waals surface area contributed by atoms with Gasteiger partial charge in [0, 0.05) is 48.7 Å². The highest BCUT2D eigenvalue weighted by molar-refractivity contribution is 5.94. The van der Waals surface area contributed by atoms with Crippen LogP contribution in [0.15, 0.2) is 73.2 Å². The molecule has 0 aliphatic heterocycles. The van der Waals surface area contributed by atoms with E-state index in [2.05, 4.69) is 15.0 Å². The van der Waals surface area contributed by atoms with Crippen molar-refractivity contribution in [2.45, 2.75) is 44.3 Å². The molecular formula is C32H27F6N5O7. The minimum atomic E-state index is -5.08. The normalized spacial score (nSPS) is 15.2. The number of benzene rings is 2. The van der Waals surface area contributed by atoms with Crippen molar-refractivity contribution in [1.82, 2.24) is 24.5 Å². The molecule has 3 aromatic heterocycles. The van der Waals surface area contributed by atoms with Crippen molar-refractivity contribution in [1.29, 1.82) is 0 Å². The molecule has 0 bridgehead atoms. The van der Waals surface area contributed by atoms with Crippen molar-refractivity contribution in [2.24, 2.45) is 7.05 Å². The monoisotopic (exact) mass is 707 g/mol. The Kier molecular flexibility index (Phi) is 11.1. The molecule has 264 valence electrons. The highest BCUT2D eigenvalue weighted by atomic mass is 19.4. The van der Waals surface area contributed by atoms with E-state index in [0.717, 1.165) is 34.5 Å². The second-order valence-corrected chi connectivity index (χ2v) is 10.7. The Hall–Kier alpha value is -5.94. The summed E-state index contributed by atoms with van der Waals surface area (Å²) < 4.78 is 77.9. The number of H-pyrrole nitrogens is 1. The van der Waals surface area contributed by atoms with E-state index in [9.17, 15) is 31.1 Å². The lowest BCUT2D eigenvalue weighted by molar-refractivity contribution is -0.193. The number of Topliss-reactive ketones (excluding diaryl/α,β-unsaturated/α-hetero) is 1. The molecule has 1 aliphatic rings. The van der Waals surface area contributed by atoms with Crippen LogP contribution < -0.4 is 9.47 Å². The fourth-order valence-electron chi connectivity index (χ4n) is 4.32. The number of imidazole rings is 2. The number of nitrogens with zero attached hydrogens (tertiary/aromatic N) is 4. The van der Waals surface area contributed by atoms with Crippen LogP contribution in [0.25, 0.3) is 22.6 Å². The molecule has 2 unspecified atom stereocenters. The van der Waals surface area contributed by atoms with Gasteiger partial charge in [-0.1, -0.05) is 24.3 Å². The van der Waals surface area contributed by atoms with E-state index >= 15 is 0 Å². The third-order valence-corrected chi connectivity index (χ3v) is 6.95. The van der Waals surface area contributed by atoms with Gasteiger partial charge in [0.15, 0.2) is 11.4 Å². The zero-order chi connectivity index (χ0) is 36.8. The first kappa shape index (κ1) is 36.9. The predicted octanol–water partition coefficient (Wildman–Crippen LogP) is 6.34. The van der Waals surface area contributed by atoms with Crippen molar-refractivity contribution in [3.8, 4) is 22.9 Å². The number of hydrogen-bond donors (Lipinski definition) is 3. The van der Waals surface area contributed by atoms with Crippen LogP contribution in [0.1, 0.15) is 41.0 Å². The van der Waals surface area contributed by atoms with Gasteiger partial charge in [-0.05, 0) is 43.2 Å². The average molecular weight is 708 g/mol. The number of aryl methyl sites for hydroxylation is 1. The minimum Gasteiger partial charge on any atom is -0.490 e. The summed E-state index contributed by atoms with van der Waals surface area (Å²) >= 11 is 0. The number of hydrogen-bond acceptors (Lipinski definition) is 8. The molecule has 2 atom stereocenters. The van der Waals surface area contributed by atoms with Gasteiger partial charge in [-0.2, -0.15) is 26.3 Å². The third kappa shape index (κ3) is 10.0. The molecule has 0 spiro atoms. The van der Waals surface area contributed by atoms with Crippen LogP contribution in [-0.4, -0.2) is 70.9 Å². The number of ether oxygens (including phenoxy) is 2. The topological polar surface area (TPSA) is 170 Å². The zero-order valence-electron chi connectivity index (χ0n) is 26.0. The Morgan fingerprint density at radius 1 is 0.920 bits per heavy atom. The van der Waals surface area contributed by atoms with Gasteiger partial charge in [0.25, 0.3) is 0 Å². The van der Waals surface area contributed by atoms with Gasteiger partial charge in [0.05, 0.1) is 0 Å². The van der Waals surface area contributed by atoms with Gasteiger partial charge in [0.2, 0.25) is 0 Å². The lowest BCUT2D eigenvalue weighted by atomic mass is 10.1. The maximum absolute atomic E-state index is 11.6. The summed E-state index contributed by atoms with van der Waals surface area (Å²) in [6, 6.07) is 17.4. The second kappa shape index (κ2) is 15.1. The number of carbonyl (C=O) groups excluding carboxylic acids is 1. The molecule has 5 aromatic rings. The number of carboxylic acids is 2. The zero-order valence-corrected chi connectivity index (χ0v) is 26.0. The number of alkyl halides is 6. The highest BCUT2D eigenvalue weighted by Gasteiger charge is 2.41. The van der Waals surface area contributed by atoms with Crippen molar-refractivity contribution >= 4 is 28.9 Å². The van der Waals surface area contributed by atoms with Gasteiger partial charge in [-0.25, -0.2) is 24.5 Å². The number of ketones is 1. The van der Waals surface area contributed by atoms with Crippen LogP contribution in [0.4, 0.5) is 26.3 Å². The maximum atomic E-state index is 11.6. The van der Waals surface area contributed by atoms with Gasteiger partial charge in [-0.15, -0.1) is 0 Å². The fourth-order valence-corrected chi connectivity index (χ4v) is 4.32. The predicted molar refractivity (Wildman–Crippen MR) is 162 cm³/mol. The summed E-state index contributed by atoms with van der Waals surface area (Å²) in [4.78, 5) is 46.1. The van der Waals surface area contributed by atoms with Gasteiger partial charge in [0.1, 0.15) is 41.4 Å². The number of carboxylic acid groups (broad SMARTS) is 2. The molecular weight excluding hydrogens is 680 g/mol. The smallest absolute Gasteiger partial charge is 0.490 e. The van der Waals surface area contributed by atoms with E-state index in [1.807, 2.05) is 72.4 Å². The van der Waals surface area contributed by atoms with E-state index in [4.69, 9.17) is 34.3 Å². The summed E-state index contributed by atoms with van der Waals surface area (Å²) in [5, 5.41) is 14.2. The molecule has 0 amide bonds. The number of rotatable bonds is 8. The summed E-state index contributed by atoms with van der Waals surface area (Å²) in [5.74, 6) is -2.25. The molecule has 1 fully saturated rings. The Bertz CT molecular complexity index is 1920. The van der Waals surface area contributed by atoms with E-state index in [1.165, 1.54) is 5.56 Å². The molecule has 6 rings (SSSR count). The molecule has 0 saturated heterocycles. The maximum Gasteiger partial charge on any atom is 0.490 e. The fraction of sp³-hybridized carbons (Fsp3) is 0.250. The first-order chi connectivity index (χ1) is 23.4. The number of fused-ring (bicyclic) bond motifs is 1. The Labute approximate surface area is 278 Å². The quantitative estimate of drug-likeness (QED) is 0.122. The molecule has 50 heavy (non-hydrogen) atoms. The van der Waals surface area contributed by atoms with Crippen LogP contribution in [0.3, 0.4) is 0 Å². The summed E-state index contributed by atoms with van der Waals surface area (Å²) in [6.07, 6.45) is -3.81. The Morgan fingerprint density at radius 3 is 2.08 bits per heavy atom. The molecule has 3 N–H and O–H groups in total. The van der Waals surface area contributed by atoms with Crippen LogP contribution in [0.5, 0.6) is 11.5 Å². The number of aliphatic carboxylic acids is 2. The number of carbonyl (C=O) groups is 3. The molecule has 2 aromatic carbocycles. The number of nitrogens with one attached hydrogen (secondary N) is 1. The van der Waals surface area contributed by atoms with E-state index in [0.29, 0.717) is 29.8 Å². The van der Waals surface area contributed by atoms with Crippen LogP contribution >= 0.6 is 0 Å². The largest absolute Gasteiger partial charge is 0.490 e. The molecule has 3 heterocycles. The first-order valence-electron chi connectivity index (χ1n) is 14.4. The summed E-state index contributed by atoms with van der Waals surface area (Å²) in [5.41, 5.74) is 4.27. The van der Waals surface area contributed by atoms with E-state index < -0.39 is 24.3 Å². The lowest BCUT2D eigenvalue weighted by Gasteiger charge is -2.12. The van der Waals surface area contributed by atoms with E-state index in [1.54, 1.807) is 19.3 Å². The van der Waals surface area contributed by atoms with Crippen LogP contribution in [-0.2, 0) is 23.2 Å². The summed E-state index contributed by atoms with van der Waals surface area (Å²) in [6.45, 7) is 1.92. The van der Waals surface area contributed by atoms with Crippen LogP contribution in [0.2, 0.25) is 0 Å². The SMILES string of the molecule is CC(=O)c1ccc(C2CC2Oc2cc(OCc3nccn3C)cc(-c3nc4cccnc4[nH]3)c2)cc1.O=C(O)C(F)(F)F.O=C(O)C(F)(F)F. The second-order valence-electron chi connectivity index (χ2n) is 10.7. The van der Waals surface area contributed by atoms with E-state index in [-0.39, 0.29) is 11.9 Å². The number of aromatic amines is 1. The van der Waals surface area contributed by atoms with Crippen molar-refractivity contribution in [3.05, 3.63) is 90.1 Å². The molecule has 1 aliphatic carbocycles. The average Bonchev–Trinajstić information content (AvgIpc) is 3.45.